The zero-order valence-electron chi connectivity index (χ0n) is 20.0. The van der Waals surface area contributed by atoms with Crippen LogP contribution in [0.15, 0.2) is 42.5 Å². The van der Waals surface area contributed by atoms with Gasteiger partial charge in [0.05, 0.1) is 30.7 Å². The van der Waals surface area contributed by atoms with Crippen molar-refractivity contribution in [1.82, 2.24) is 15.5 Å². The number of halogens is 1. The fraction of sp³-hybridized carbons (Fsp3) is 0.423. The molecule has 192 valence electrons. The Bertz CT molecular complexity index is 1110. The van der Waals surface area contributed by atoms with E-state index in [0.29, 0.717) is 50.4 Å². The summed E-state index contributed by atoms with van der Waals surface area (Å²) in [5.74, 6) is -0.956. The van der Waals surface area contributed by atoms with Crippen LogP contribution >= 0.6 is 0 Å². The van der Waals surface area contributed by atoms with Gasteiger partial charge in [0.25, 0.3) is 11.8 Å². The molecule has 0 bridgehead atoms. The molecule has 2 aromatic carbocycles. The molecule has 10 heteroatoms. The third-order valence-electron chi connectivity index (χ3n) is 6.54. The number of rotatable bonds is 8. The molecule has 3 N–H and O–H groups in total. The van der Waals surface area contributed by atoms with Gasteiger partial charge < -0.3 is 30.1 Å². The molecule has 0 aromatic heterocycles. The van der Waals surface area contributed by atoms with Crippen LogP contribution in [0.4, 0.5) is 9.18 Å². The minimum Gasteiger partial charge on any atom is -0.486 e. The average Bonchev–Trinajstić information content (AvgIpc) is 3.29. The number of ether oxygens (including phenoxy) is 2. The molecule has 2 aromatic rings. The van der Waals surface area contributed by atoms with Crippen LogP contribution in [0.3, 0.4) is 0 Å². The summed E-state index contributed by atoms with van der Waals surface area (Å²) >= 11 is 0. The molecule has 4 rings (SSSR count). The summed E-state index contributed by atoms with van der Waals surface area (Å²) < 4.78 is 25.4. The van der Waals surface area contributed by atoms with Crippen molar-refractivity contribution in [2.45, 2.75) is 31.0 Å². The summed E-state index contributed by atoms with van der Waals surface area (Å²) in [6, 6.07) is 12.4. The Morgan fingerprint density at radius 3 is 2.64 bits per heavy atom. The Morgan fingerprint density at radius 2 is 1.94 bits per heavy atom. The summed E-state index contributed by atoms with van der Waals surface area (Å²) in [5.41, 5.74) is 1.89. The minimum atomic E-state index is -0.965. The predicted molar refractivity (Wildman–Crippen MR) is 129 cm³/mol. The number of benzene rings is 2. The Morgan fingerprint density at radius 1 is 1.17 bits per heavy atom. The van der Waals surface area contributed by atoms with Gasteiger partial charge in [-0.05, 0) is 30.5 Å². The Labute approximate surface area is 208 Å². The molecule has 0 aliphatic carbocycles. The number of carbonyl (C=O) groups is 3. The zero-order chi connectivity index (χ0) is 25.7. The van der Waals surface area contributed by atoms with E-state index in [4.69, 9.17) is 14.6 Å². The molecule has 1 fully saturated rings. The summed E-state index contributed by atoms with van der Waals surface area (Å²) in [4.78, 5) is 38.1. The molecular formula is C26H30FN3O6. The van der Waals surface area contributed by atoms with E-state index < -0.39 is 30.7 Å². The van der Waals surface area contributed by atoms with Crippen molar-refractivity contribution < 1.29 is 33.4 Å². The highest BCUT2D eigenvalue weighted by Crippen LogP contribution is 2.45. The van der Waals surface area contributed by atoms with Crippen LogP contribution in [0.5, 0.6) is 5.75 Å². The van der Waals surface area contributed by atoms with Gasteiger partial charge in [-0.25, -0.2) is 9.18 Å². The fourth-order valence-corrected chi connectivity index (χ4v) is 4.74. The van der Waals surface area contributed by atoms with Crippen LogP contribution < -0.4 is 15.4 Å². The Hall–Kier alpha value is -3.66. The number of alkyl halides is 1. The lowest BCUT2D eigenvalue weighted by atomic mass is 9.86. The van der Waals surface area contributed by atoms with Crippen LogP contribution in [0.2, 0.25) is 0 Å². The SMILES string of the molecule is CNC(=O)c1cc(C(=O)NCCCC2CN(C(=O)O)CCO2)cc2c1O[C@H](CF)[C@H]2c1ccccc1. The van der Waals surface area contributed by atoms with E-state index in [0.717, 1.165) is 5.56 Å². The van der Waals surface area contributed by atoms with Gasteiger partial charge in [0.2, 0.25) is 0 Å². The van der Waals surface area contributed by atoms with Gasteiger partial charge in [0.1, 0.15) is 18.5 Å². The molecule has 2 heterocycles. The standard InChI is InChI=1S/C26H30FN3O6/c1-28-25(32)20-13-17(24(31)29-9-5-8-18-15-30(26(33)34)10-11-35-18)12-19-22(16-6-3-2-4-7-16)21(14-27)36-23(19)20/h2-4,6-7,12-13,18,21-22H,5,8-11,14-15H2,1H3,(H,28,32)(H,29,31)(H,33,34)/t18?,21-,22+/m1/s1. The summed E-state index contributed by atoms with van der Waals surface area (Å²) in [6.45, 7) is 0.617. The molecule has 36 heavy (non-hydrogen) atoms. The van der Waals surface area contributed by atoms with Crippen LogP contribution in [0.25, 0.3) is 0 Å². The number of carbonyl (C=O) groups excluding carboxylic acids is 2. The molecule has 3 atom stereocenters. The molecule has 2 aliphatic rings. The number of nitrogens with zero attached hydrogens (tertiary/aromatic N) is 1. The largest absolute Gasteiger partial charge is 0.486 e. The molecular weight excluding hydrogens is 469 g/mol. The number of carboxylic acid groups (broad SMARTS) is 1. The number of fused-ring (bicyclic) bond motifs is 1. The van der Waals surface area contributed by atoms with Gasteiger partial charge in [-0.15, -0.1) is 0 Å². The predicted octanol–water partition coefficient (Wildman–Crippen LogP) is 2.80. The molecule has 2 aliphatic heterocycles. The van der Waals surface area contributed by atoms with Crippen LogP contribution in [0.1, 0.15) is 50.6 Å². The second-order valence-electron chi connectivity index (χ2n) is 8.84. The zero-order valence-corrected chi connectivity index (χ0v) is 20.0. The van der Waals surface area contributed by atoms with Crippen molar-refractivity contribution in [3.8, 4) is 5.75 Å². The Balaban J connectivity index is 1.49. The van der Waals surface area contributed by atoms with Crippen molar-refractivity contribution in [3.05, 3.63) is 64.7 Å². The van der Waals surface area contributed by atoms with E-state index in [-0.39, 0.29) is 23.1 Å². The second-order valence-corrected chi connectivity index (χ2v) is 8.84. The lowest BCUT2D eigenvalue weighted by molar-refractivity contribution is -0.0259. The maximum Gasteiger partial charge on any atom is 0.407 e. The minimum absolute atomic E-state index is 0.182. The van der Waals surface area contributed by atoms with E-state index in [9.17, 15) is 18.8 Å². The first-order valence-electron chi connectivity index (χ1n) is 12.0. The highest BCUT2D eigenvalue weighted by atomic mass is 19.1. The summed E-state index contributed by atoms with van der Waals surface area (Å²) in [5, 5.41) is 14.6. The molecule has 3 amide bonds. The monoisotopic (exact) mass is 499 g/mol. The second kappa shape index (κ2) is 11.4. The summed E-state index contributed by atoms with van der Waals surface area (Å²) in [7, 11) is 1.48. The van der Waals surface area contributed by atoms with Gasteiger partial charge >= 0.3 is 6.09 Å². The lowest BCUT2D eigenvalue weighted by Gasteiger charge is -2.31. The maximum absolute atomic E-state index is 13.9. The normalized spacial score (nSPS) is 20.8. The van der Waals surface area contributed by atoms with Gasteiger partial charge in [0.15, 0.2) is 0 Å². The first-order valence-corrected chi connectivity index (χ1v) is 12.0. The first kappa shape index (κ1) is 25.4. The fourth-order valence-electron chi connectivity index (χ4n) is 4.74. The summed E-state index contributed by atoms with van der Waals surface area (Å²) in [6.07, 6.45) is -0.790. The van der Waals surface area contributed by atoms with E-state index in [1.807, 2.05) is 30.3 Å². The molecule has 1 saturated heterocycles. The smallest absolute Gasteiger partial charge is 0.407 e. The number of morpholine rings is 1. The molecule has 0 saturated carbocycles. The maximum atomic E-state index is 13.9. The van der Waals surface area contributed by atoms with E-state index in [1.165, 1.54) is 18.0 Å². The highest BCUT2D eigenvalue weighted by molar-refractivity contribution is 6.02. The quantitative estimate of drug-likeness (QED) is 0.481. The molecule has 0 spiro atoms. The third kappa shape index (κ3) is 5.43. The number of nitrogens with one attached hydrogen (secondary N) is 2. The van der Waals surface area contributed by atoms with E-state index in [2.05, 4.69) is 10.6 Å². The van der Waals surface area contributed by atoms with Crippen molar-refractivity contribution >= 4 is 17.9 Å². The molecule has 9 nitrogen and oxygen atoms in total. The van der Waals surface area contributed by atoms with Crippen molar-refractivity contribution in [3.63, 3.8) is 0 Å². The van der Waals surface area contributed by atoms with Gasteiger partial charge in [-0.2, -0.15) is 0 Å². The molecule has 1 unspecified atom stereocenters. The average molecular weight is 500 g/mol. The topological polar surface area (TPSA) is 117 Å². The van der Waals surface area contributed by atoms with Crippen molar-refractivity contribution in [1.29, 1.82) is 0 Å². The Kier molecular flexibility index (Phi) is 8.04. The van der Waals surface area contributed by atoms with Crippen molar-refractivity contribution in [2.75, 3.05) is 40.0 Å². The van der Waals surface area contributed by atoms with Gasteiger partial charge in [-0.3, -0.25) is 9.59 Å². The van der Waals surface area contributed by atoms with E-state index in [1.54, 1.807) is 6.07 Å². The molecule has 0 radical (unpaired) electrons. The number of hydrogen-bond acceptors (Lipinski definition) is 5. The highest BCUT2D eigenvalue weighted by Gasteiger charge is 2.39. The van der Waals surface area contributed by atoms with E-state index >= 15 is 0 Å². The lowest BCUT2D eigenvalue weighted by Crippen LogP contribution is -2.45. The number of amides is 3. The van der Waals surface area contributed by atoms with Crippen molar-refractivity contribution in [2.24, 2.45) is 0 Å². The third-order valence-corrected chi connectivity index (χ3v) is 6.54. The van der Waals surface area contributed by atoms with Crippen LogP contribution in [0, 0.1) is 0 Å². The number of hydrogen-bond donors (Lipinski definition) is 3. The first-order chi connectivity index (χ1) is 17.4. The van der Waals surface area contributed by atoms with Crippen LogP contribution in [-0.2, 0) is 4.74 Å². The van der Waals surface area contributed by atoms with Gasteiger partial charge in [0, 0.05) is 31.3 Å². The van der Waals surface area contributed by atoms with Gasteiger partial charge in [-0.1, -0.05) is 30.3 Å². The van der Waals surface area contributed by atoms with Crippen LogP contribution in [-0.4, -0.2) is 80.1 Å².